The maximum Gasteiger partial charge on any atom is 1.00 e. The zero-order valence-corrected chi connectivity index (χ0v) is 13.6. The first-order valence-corrected chi connectivity index (χ1v) is 4.92. The van der Waals surface area contributed by atoms with Crippen molar-refractivity contribution in [3.05, 3.63) is 28.7 Å². The Labute approximate surface area is 128 Å². The summed E-state index contributed by atoms with van der Waals surface area (Å²) in [5, 5.41) is 0. The standard InChI is InChI=1S/C6H5BrO3S.Rb/c7-5-1-3-6(4-2-5)11(8,9)10;/h1-4H,(H,8,9,10);/q;+1/p-1. The van der Waals surface area contributed by atoms with Crippen LogP contribution in [0.25, 0.3) is 0 Å². The van der Waals surface area contributed by atoms with Crippen LogP contribution >= 0.6 is 15.9 Å². The van der Waals surface area contributed by atoms with Crippen LogP contribution in [0.3, 0.4) is 0 Å². The molecule has 0 amide bonds. The van der Waals surface area contributed by atoms with Crippen molar-refractivity contribution in [2.24, 2.45) is 0 Å². The van der Waals surface area contributed by atoms with E-state index in [2.05, 4.69) is 15.9 Å². The average molecular weight is 322 g/mol. The summed E-state index contributed by atoms with van der Waals surface area (Å²) < 4.78 is 31.9. The molecular weight excluding hydrogens is 318 g/mol. The van der Waals surface area contributed by atoms with Crippen LogP contribution in [0, 0.1) is 0 Å². The van der Waals surface area contributed by atoms with Crippen molar-refractivity contribution in [1.82, 2.24) is 0 Å². The average Bonchev–Trinajstić information content (AvgIpc) is 1.86. The maximum absolute atomic E-state index is 10.4. The van der Waals surface area contributed by atoms with Crippen LogP contribution in [-0.2, 0) is 10.1 Å². The molecule has 0 unspecified atom stereocenters. The van der Waals surface area contributed by atoms with Gasteiger partial charge in [-0.3, -0.25) is 0 Å². The molecule has 0 heterocycles. The first-order valence-electron chi connectivity index (χ1n) is 2.71. The van der Waals surface area contributed by atoms with Crippen molar-refractivity contribution < 1.29 is 71.2 Å². The summed E-state index contributed by atoms with van der Waals surface area (Å²) in [5.74, 6) is 0. The van der Waals surface area contributed by atoms with Gasteiger partial charge < -0.3 is 4.55 Å². The molecule has 0 fully saturated rings. The number of benzene rings is 1. The van der Waals surface area contributed by atoms with Crippen molar-refractivity contribution >= 4 is 26.0 Å². The number of halogens is 1. The van der Waals surface area contributed by atoms with Gasteiger partial charge in [-0.05, 0) is 24.3 Å². The Kier molecular flexibility index (Phi) is 5.96. The minimum absolute atomic E-state index is 0. The zero-order valence-electron chi connectivity index (χ0n) is 6.32. The van der Waals surface area contributed by atoms with E-state index in [9.17, 15) is 13.0 Å². The monoisotopic (exact) mass is 320 g/mol. The molecule has 60 valence electrons. The molecule has 1 aromatic carbocycles. The van der Waals surface area contributed by atoms with Gasteiger partial charge in [0.25, 0.3) is 0 Å². The molecule has 0 N–H and O–H groups in total. The third kappa shape index (κ3) is 4.08. The quantitative estimate of drug-likeness (QED) is 0.583. The Morgan fingerprint density at radius 2 is 1.58 bits per heavy atom. The molecule has 0 bridgehead atoms. The molecule has 0 aromatic heterocycles. The van der Waals surface area contributed by atoms with E-state index in [1.807, 2.05) is 0 Å². The molecule has 3 nitrogen and oxygen atoms in total. The minimum atomic E-state index is -4.29. The van der Waals surface area contributed by atoms with Gasteiger partial charge in [-0.15, -0.1) is 0 Å². The van der Waals surface area contributed by atoms with E-state index in [0.717, 1.165) is 4.47 Å². The molecule has 0 aliphatic rings. The van der Waals surface area contributed by atoms with Crippen molar-refractivity contribution in [2.45, 2.75) is 4.90 Å². The van der Waals surface area contributed by atoms with Crippen molar-refractivity contribution in [2.75, 3.05) is 0 Å². The van der Waals surface area contributed by atoms with Gasteiger partial charge >= 0.3 is 58.2 Å². The number of hydrogen-bond donors (Lipinski definition) is 0. The van der Waals surface area contributed by atoms with Gasteiger partial charge in [0.2, 0.25) is 0 Å². The fraction of sp³-hybridized carbons (Fsp3) is 0. The maximum atomic E-state index is 10.4. The van der Waals surface area contributed by atoms with Gasteiger partial charge in [-0.25, -0.2) is 8.42 Å². The molecule has 0 saturated carbocycles. The van der Waals surface area contributed by atoms with Crippen LogP contribution < -0.4 is 58.2 Å². The van der Waals surface area contributed by atoms with E-state index >= 15 is 0 Å². The Bertz CT molecular complexity index is 346. The molecular formula is C6H4BrO3RbS. The predicted molar refractivity (Wildman–Crippen MR) is 42.1 cm³/mol. The van der Waals surface area contributed by atoms with Crippen LogP contribution in [0.4, 0.5) is 0 Å². The fourth-order valence-corrected chi connectivity index (χ4v) is 1.34. The van der Waals surface area contributed by atoms with Gasteiger partial charge in [-0.1, -0.05) is 15.9 Å². The molecule has 1 rings (SSSR count). The fourth-order valence-electron chi connectivity index (χ4n) is 0.601. The van der Waals surface area contributed by atoms with Gasteiger partial charge in [-0.2, -0.15) is 0 Å². The second-order valence-corrected chi connectivity index (χ2v) is 4.20. The van der Waals surface area contributed by atoms with Crippen LogP contribution in [0.2, 0.25) is 0 Å². The zero-order chi connectivity index (χ0) is 8.48. The van der Waals surface area contributed by atoms with Crippen LogP contribution in [0.5, 0.6) is 0 Å². The Morgan fingerprint density at radius 1 is 1.17 bits per heavy atom. The first kappa shape index (κ1) is 13.4. The van der Waals surface area contributed by atoms with E-state index < -0.39 is 10.1 Å². The van der Waals surface area contributed by atoms with Crippen molar-refractivity contribution in [3.63, 3.8) is 0 Å². The normalized spacial score (nSPS) is 10.5. The van der Waals surface area contributed by atoms with Gasteiger partial charge in [0, 0.05) is 4.47 Å². The molecule has 0 aliphatic carbocycles. The summed E-state index contributed by atoms with van der Waals surface area (Å²) in [6, 6.07) is 5.52. The molecule has 0 saturated heterocycles. The third-order valence-corrected chi connectivity index (χ3v) is 2.48. The van der Waals surface area contributed by atoms with E-state index in [4.69, 9.17) is 0 Å². The van der Waals surface area contributed by atoms with Crippen LogP contribution in [0.15, 0.2) is 33.6 Å². The summed E-state index contributed by atoms with van der Waals surface area (Å²) >= 11 is 3.12. The summed E-state index contributed by atoms with van der Waals surface area (Å²) in [6.45, 7) is 0. The van der Waals surface area contributed by atoms with Gasteiger partial charge in [0.1, 0.15) is 10.1 Å². The Balaban J connectivity index is 0.00000121. The van der Waals surface area contributed by atoms with E-state index in [1.54, 1.807) is 0 Å². The number of hydrogen-bond acceptors (Lipinski definition) is 3. The van der Waals surface area contributed by atoms with E-state index in [1.165, 1.54) is 24.3 Å². The second-order valence-electron chi connectivity index (χ2n) is 1.91. The smallest absolute Gasteiger partial charge is 0.744 e. The Morgan fingerprint density at radius 3 is 1.92 bits per heavy atom. The molecule has 0 atom stereocenters. The second kappa shape index (κ2) is 5.33. The summed E-state index contributed by atoms with van der Waals surface area (Å²) in [4.78, 5) is -0.208. The predicted octanol–water partition coefficient (Wildman–Crippen LogP) is -1.64. The van der Waals surface area contributed by atoms with Crippen LogP contribution in [-0.4, -0.2) is 13.0 Å². The summed E-state index contributed by atoms with van der Waals surface area (Å²) in [7, 11) is -4.29. The SMILES string of the molecule is O=S(=O)([O-])c1ccc(Br)cc1.[Rb+]. The molecule has 12 heavy (non-hydrogen) atoms. The number of rotatable bonds is 1. The van der Waals surface area contributed by atoms with Gasteiger partial charge in [0.05, 0.1) is 4.90 Å². The molecule has 0 radical (unpaired) electrons. The van der Waals surface area contributed by atoms with Crippen molar-refractivity contribution in [1.29, 1.82) is 0 Å². The van der Waals surface area contributed by atoms with E-state index in [-0.39, 0.29) is 63.1 Å². The molecule has 6 heteroatoms. The van der Waals surface area contributed by atoms with E-state index in [0.29, 0.717) is 0 Å². The third-order valence-electron chi connectivity index (χ3n) is 1.10. The largest absolute Gasteiger partial charge is 1.00 e. The minimum Gasteiger partial charge on any atom is -0.744 e. The summed E-state index contributed by atoms with van der Waals surface area (Å²) in [6.07, 6.45) is 0. The van der Waals surface area contributed by atoms with Gasteiger partial charge in [0.15, 0.2) is 0 Å². The van der Waals surface area contributed by atoms with Crippen molar-refractivity contribution in [3.8, 4) is 0 Å². The first-order chi connectivity index (χ1) is 5.00. The molecule has 0 spiro atoms. The molecule has 0 aliphatic heterocycles. The topological polar surface area (TPSA) is 57.2 Å². The Hall–Kier alpha value is 1.42. The van der Waals surface area contributed by atoms with Crippen LogP contribution in [0.1, 0.15) is 0 Å². The molecule has 1 aromatic rings. The summed E-state index contributed by atoms with van der Waals surface area (Å²) in [5.41, 5.74) is 0.